The quantitative estimate of drug-likeness (QED) is 0.377. The fraction of sp³-hybridized carbons (Fsp3) is 0.500. The number of nitrogens with two attached hydrogens (primary N) is 1. The molecule has 5 heteroatoms. The molecule has 1 aliphatic rings. The Hall–Kier alpha value is -1.26. The lowest BCUT2D eigenvalue weighted by molar-refractivity contribution is 0.307. The molecule has 2 unspecified atom stereocenters. The zero-order valence-electron chi connectivity index (χ0n) is 11.3. The normalized spacial score (nSPS) is 22.8. The summed E-state index contributed by atoms with van der Waals surface area (Å²) in [5, 5.41) is 12.3. The molecule has 1 fully saturated rings. The molecule has 0 aliphatic heterocycles. The molecule has 2 rings (SSSR count). The van der Waals surface area contributed by atoms with Gasteiger partial charge in [0.1, 0.15) is 0 Å². The van der Waals surface area contributed by atoms with Crippen molar-refractivity contribution in [1.82, 2.24) is 4.90 Å². The third-order valence-corrected chi connectivity index (χ3v) is 4.07. The highest BCUT2D eigenvalue weighted by molar-refractivity contribution is 6.31. The molecule has 4 nitrogen and oxygen atoms in total. The molecule has 1 aliphatic carbocycles. The maximum Gasteiger partial charge on any atom is 0.170 e. The second kappa shape index (κ2) is 5.80. The molecule has 0 bridgehead atoms. The summed E-state index contributed by atoms with van der Waals surface area (Å²) < 4.78 is 0. The van der Waals surface area contributed by atoms with Crippen LogP contribution in [0.4, 0.5) is 0 Å². The molecule has 104 valence electrons. The molecule has 19 heavy (non-hydrogen) atoms. The predicted octanol–water partition coefficient (Wildman–Crippen LogP) is 2.52. The summed E-state index contributed by atoms with van der Waals surface area (Å²) in [6, 6.07) is 5.49. The molecule has 0 amide bonds. The van der Waals surface area contributed by atoms with Crippen LogP contribution >= 0.6 is 11.6 Å². The number of benzene rings is 1. The first-order chi connectivity index (χ1) is 9.01. The molecule has 0 heterocycles. The van der Waals surface area contributed by atoms with E-state index in [9.17, 15) is 0 Å². The highest BCUT2D eigenvalue weighted by Crippen LogP contribution is 2.38. The SMILES string of the molecule is CC1CC1CN(C)Cc1ccc(/C(N)=N/O)cc1Cl. The van der Waals surface area contributed by atoms with Gasteiger partial charge < -0.3 is 15.8 Å². The van der Waals surface area contributed by atoms with E-state index in [4.69, 9.17) is 22.5 Å². The summed E-state index contributed by atoms with van der Waals surface area (Å²) in [6.07, 6.45) is 1.33. The summed E-state index contributed by atoms with van der Waals surface area (Å²) in [7, 11) is 2.11. The maximum atomic E-state index is 8.64. The smallest absolute Gasteiger partial charge is 0.170 e. The van der Waals surface area contributed by atoms with Crippen molar-refractivity contribution in [2.75, 3.05) is 13.6 Å². The van der Waals surface area contributed by atoms with Gasteiger partial charge in [0.2, 0.25) is 0 Å². The molecule has 0 aromatic heterocycles. The van der Waals surface area contributed by atoms with Gasteiger partial charge in [-0.05, 0) is 36.9 Å². The molecule has 2 atom stereocenters. The Bertz CT molecular complexity index is 490. The molecule has 3 N–H and O–H groups in total. The Labute approximate surface area is 118 Å². The highest BCUT2D eigenvalue weighted by atomic mass is 35.5. The van der Waals surface area contributed by atoms with E-state index in [0.29, 0.717) is 10.6 Å². The van der Waals surface area contributed by atoms with Crippen LogP contribution in [0.15, 0.2) is 23.4 Å². The van der Waals surface area contributed by atoms with Gasteiger partial charge in [0.25, 0.3) is 0 Å². The number of nitrogens with zero attached hydrogens (tertiary/aromatic N) is 2. The standard InChI is InChI=1S/C14H20ClN3O/c1-9-5-12(9)8-18(2)7-11-4-3-10(6-13(11)15)14(16)17-19/h3-4,6,9,12,19H,5,7-8H2,1-2H3,(H2,16,17). The Morgan fingerprint density at radius 2 is 2.26 bits per heavy atom. The van der Waals surface area contributed by atoms with Crippen LogP contribution in [0.1, 0.15) is 24.5 Å². The summed E-state index contributed by atoms with van der Waals surface area (Å²) in [6.45, 7) is 4.22. The molecule has 1 aromatic carbocycles. The second-order valence-electron chi connectivity index (χ2n) is 5.46. The van der Waals surface area contributed by atoms with E-state index in [-0.39, 0.29) is 5.84 Å². The molecule has 0 spiro atoms. The molecule has 0 radical (unpaired) electrons. The zero-order chi connectivity index (χ0) is 14.0. The van der Waals surface area contributed by atoms with Crippen LogP contribution in [-0.4, -0.2) is 29.5 Å². The van der Waals surface area contributed by atoms with E-state index in [1.165, 1.54) is 6.42 Å². The molecule has 0 saturated heterocycles. The number of halogens is 1. The van der Waals surface area contributed by atoms with Gasteiger partial charge in [0.15, 0.2) is 5.84 Å². The first-order valence-corrected chi connectivity index (χ1v) is 6.84. The van der Waals surface area contributed by atoms with Crippen LogP contribution in [0.3, 0.4) is 0 Å². The predicted molar refractivity (Wildman–Crippen MR) is 77.6 cm³/mol. The van der Waals surface area contributed by atoms with Crippen LogP contribution in [0.2, 0.25) is 5.02 Å². The number of hydrogen-bond donors (Lipinski definition) is 2. The van der Waals surface area contributed by atoms with Gasteiger partial charge in [-0.15, -0.1) is 0 Å². The molecular weight excluding hydrogens is 262 g/mol. The van der Waals surface area contributed by atoms with Crippen molar-refractivity contribution in [3.63, 3.8) is 0 Å². The molecular formula is C14H20ClN3O. The number of hydrogen-bond acceptors (Lipinski definition) is 3. The monoisotopic (exact) mass is 281 g/mol. The number of oxime groups is 1. The molecule has 1 aromatic rings. The fourth-order valence-electron chi connectivity index (χ4n) is 2.30. The average molecular weight is 282 g/mol. The lowest BCUT2D eigenvalue weighted by atomic mass is 10.1. The summed E-state index contributed by atoms with van der Waals surface area (Å²) in [5.41, 5.74) is 7.23. The van der Waals surface area contributed by atoms with Crippen LogP contribution in [0, 0.1) is 11.8 Å². The van der Waals surface area contributed by atoms with Crippen molar-refractivity contribution in [2.45, 2.75) is 19.9 Å². The first-order valence-electron chi connectivity index (χ1n) is 6.46. The van der Waals surface area contributed by atoms with Gasteiger partial charge in [0.05, 0.1) is 0 Å². The zero-order valence-corrected chi connectivity index (χ0v) is 12.1. The van der Waals surface area contributed by atoms with Crippen molar-refractivity contribution in [3.05, 3.63) is 34.3 Å². The minimum Gasteiger partial charge on any atom is -0.409 e. The number of amidine groups is 1. The average Bonchev–Trinajstić information content (AvgIpc) is 3.06. The Balaban J connectivity index is 2.00. The second-order valence-corrected chi connectivity index (χ2v) is 5.87. The first kappa shape index (κ1) is 14.2. The fourth-order valence-corrected chi connectivity index (χ4v) is 2.54. The van der Waals surface area contributed by atoms with Gasteiger partial charge in [-0.1, -0.05) is 35.8 Å². The lowest BCUT2D eigenvalue weighted by Crippen LogP contribution is -2.21. The van der Waals surface area contributed by atoms with E-state index in [2.05, 4.69) is 24.0 Å². The summed E-state index contributed by atoms with van der Waals surface area (Å²) >= 11 is 6.24. The van der Waals surface area contributed by atoms with Crippen molar-refractivity contribution < 1.29 is 5.21 Å². The minimum atomic E-state index is 0.0774. The summed E-state index contributed by atoms with van der Waals surface area (Å²) in [4.78, 5) is 2.29. The van der Waals surface area contributed by atoms with Gasteiger partial charge in [0, 0.05) is 23.7 Å². The van der Waals surface area contributed by atoms with Crippen LogP contribution in [-0.2, 0) is 6.54 Å². The van der Waals surface area contributed by atoms with E-state index in [1.54, 1.807) is 6.07 Å². The molecule has 1 saturated carbocycles. The van der Waals surface area contributed by atoms with E-state index in [1.807, 2.05) is 12.1 Å². The number of rotatable bonds is 5. The third kappa shape index (κ3) is 3.61. The van der Waals surface area contributed by atoms with Gasteiger partial charge >= 0.3 is 0 Å². The van der Waals surface area contributed by atoms with Crippen LogP contribution in [0.5, 0.6) is 0 Å². The third-order valence-electron chi connectivity index (χ3n) is 3.72. The van der Waals surface area contributed by atoms with E-state index in [0.717, 1.165) is 30.5 Å². The van der Waals surface area contributed by atoms with E-state index < -0.39 is 0 Å². The van der Waals surface area contributed by atoms with Gasteiger partial charge in [-0.2, -0.15) is 0 Å². The Kier molecular flexibility index (Phi) is 4.32. The highest BCUT2D eigenvalue weighted by Gasteiger charge is 2.33. The topological polar surface area (TPSA) is 61.8 Å². The van der Waals surface area contributed by atoms with Crippen molar-refractivity contribution in [2.24, 2.45) is 22.7 Å². The maximum absolute atomic E-state index is 8.64. The lowest BCUT2D eigenvalue weighted by Gasteiger charge is -2.17. The largest absolute Gasteiger partial charge is 0.409 e. The van der Waals surface area contributed by atoms with E-state index >= 15 is 0 Å². The Morgan fingerprint density at radius 3 is 2.79 bits per heavy atom. The summed E-state index contributed by atoms with van der Waals surface area (Å²) in [5.74, 6) is 1.77. The Morgan fingerprint density at radius 1 is 1.58 bits per heavy atom. The van der Waals surface area contributed by atoms with Crippen molar-refractivity contribution in [3.8, 4) is 0 Å². The van der Waals surface area contributed by atoms with Gasteiger partial charge in [-0.3, -0.25) is 0 Å². The van der Waals surface area contributed by atoms with Crippen molar-refractivity contribution >= 4 is 17.4 Å². The van der Waals surface area contributed by atoms with Gasteiger partial charge in [-0.25, -0.2) is 0 Å². The van der Waals surface area contributed by atoms with Crippen LogP contribution in [0.25, 0.3) is 0 Å². The van der Waals surface area contributed by atoms with Crippen molar-refractivity contribution in [1.29, 1.82) is 0 Å². The minimum absolute atomic E-state index is 0.0774. The van der Waals surface area contributed by atoms with Crippen LogP contribution < -0.4 is 5.73 Å².